The molecule has 1 aromatic carbocycles. The van der Waals surface area contributed by atoms with Crippen LogP contribution in [0.5, 0.6) is 5.88 Å². The third-order valence-electron chi connectivity index (χ3n) is 2.49. The van der Waals surface area contributed by atoms with E-state index in [0.29, 0.717) is 5.69 Å². The smallest absolute Gasteiger partial charge is 0.449 e. The number of carbonyl (C=O) groups is 1. The maximum absolute atomic E-state index is 10.6. The van der Waals surface area contributed by atoms with Gasteiger partial charge in [0.1, 0.15) is 5.02 Å². The first-order chi connectivity index (χ1) is 8.97. The summed E-state index contributed by atoms with van der Waals surface area (Å²) in [5.41, 5.74) is 8.33. The lowest BCUT2D eigenvalue weighted by Gasteiger charge is -2.08. The van der Waals surface area contributed by atoms with Gasteiger partial charge >= 0.3 is 6.16 Å². The number of nitrogens with zero attached hydrogens (tertiary/aromatic N) is 1. The molecule has 0 bridgehead atoms. The Morgan fingerprint density at radius 3 is 2.58 bits per heavy atom. The molecule has 0 fully saturated rings. The normalized spacial score (nSPS) is 10.2. The summed E-state index contributed by atoms with van der Waals surface area (Å²) in [5.74, 6) is -0.218. The molecule has 0 atom stereocenters. The van der Waals surface area contributed by atoms with Crippen molar-refractivity contribution in [3.05, 3.63) is 40.9 Å². The van der Waals surface area contributed by atoms with Crippen molar-refractivity contribution in [1.82, 2.24) is 4.98 Å². The second-order valence-corrected chi connectivity index (χ2v) is 4.33. The lowest BCUT2D eigenvalue weighted by atomic mass is 10.1. The van der Waals surface area contributed by atoms with Crippen LogP contribution < -0.4 is 10.5 Å². The van der Waals surface area contributed by atoms with Gasteiger partial charge in [0.15, 0.2) is 0 Å². The van der Waals surface area contributed by atoms with Crippen molar-refractivity contribution in [2.45, 2.75) is 6.92 Å². The zero-order valence-electron chi connectivity index (χ0n) is 10.1. The molecule has 0 saturated heterocycles. The first-order valence-corrected chi connectivity index (χ1v) is 5.79. The second kappa shape index (κ2) is 5.16. The molecule has 1 heterocycles. The summed E-state index contributed by atoms with van der Waals surface area (Å²) in [6, 6.07) is 9.12. The van der Waals surface area contributed by atoms with Crippen molar-refractivity contribution in [3.8, 4) is 17.1 Å². The van der Waals surface area contributed by atoms with Crippen molar-refractivity contribution in [3.63, 3.8) is 0 Å². The molecule has 0 aliphatic carbocycles. The van der Waals surface area contributed by atoms with Gasteiger partial charge in [-0.05, 0) is 13.0 Å². The maximum Gasteiger partial charge on any atom is 0.512 e. The molecule has 0 aliphatic heterocycles. The van der Waals surface area contributed by atoms with Crippen LogP contribution in [-0.2, 0) is 0 Å². The molecular formula is C13H11ClN2O3. The molecule has 0 aliphatic rings. The number of halogens is 1. The number of aryl methyl sites for hydroxylation is 1. The number of aromatic nitrogens is 1. The molecule has 0 amide bonds. The van der Waals surface area contributed by atoms with Crippen molar-refractivity contribution in [2.75, 3.05) is 5.73 Å². The van der Waals surface area contributed by atoms with E-state index in [1.54, 1.807) is 6.07 Å². The molecule has 19 heavy (non-hydrogen) atoms. The Hall–Kier alpha value is -2.27. The van der Waals surface area contributed by atoms with E-state index in [0.717, 1.165) is 11.1 Å². The van der Waals surface area contributed by atoms with Crippen molar-refractivity contribution in [1.29, 1.82) is 0 Å². The van der Waals surface area contributed by atoms with Gasteiger partial charge < -0.3 is 15.6 Å². The average Bonchev–Trinajstić information content (AvgIpc) is 2.35. The van der Waals surface area contributed by atoms with E-state index in [-0.39, 0.29) is 16.6 Å². The Morgan fingerprint density at radius 2 is 2.00 bits per heavy atom. The van der Waals surface area contributed by atoms with Crippen LogP contribution in [0.4, 0.5) is 10.5 Å². The minimum atomic E-state index is -1.49. The topological polar surface area (TPSA) is 85.4 Å². The van der Waals surface area contributed by atoms with Crippen molar-refractivity contribution < 1.29 is 14.6 Å². The van der Waals surface area contributed by atoms with Gasteiger partial charge in [-0.25, -0.2) is 9.78 Å². The zero-order valence-corrected chi connectivity index (χ0v) is 10.8. The standard InChI is InChI=1S/C13H11ClN2O3/c1-7-2-4-8(5-3-7)10-6-9(15)11(14)12(16-10)19-13(17)18/h2-6H,1H3,(H2,15,16)(H,17,18). The SMILES string of the molecule is Cc1ccc(-c2cc(N)c(Cl)c(OC(=O)O)n2)cc1. The van der Waals surface area contributed by atoms with Crippen LogP contribution in [0.15, 0.2) is 30.3 Å². The number of carboxylic acid groups (broad SMARTS) is 1. The predicted molar refractivity (Wildman–Crippen MR) is 72.5 cm³/mol. The first-order valence-electron chi connectivity index (χ1n) is 5.41. The molecular weight excluding hydrogens is 268 g/mol. The summed E-state index contributed by atoms with van der Waals surface area (Å²) in [5, 5.41) is 8.60. The molecule has 6 heteroatoms. The van der Waals surface area contributed by atoms with Gasteiger partial charge in [-0.1, -0.05) is 41.4 Å². The van der Waals surface area contributed by atoms with E-state index in [4.69, 9.17) is 22.4 Å². The summed E-state index contributed by atoms with van der Waals surface area (Å²) in [7, 11) is 0. The summed E-state index contributed by atoms with van der Waals surface area (Å²) in [6.45, 7) is 1.96. The highest BCUT2D eigenvalue weighted by molar-refractivity contribution is 6.34. The van der Waals surface area contributed by atoms with Crippen LogP contribution >= 0.6 is 11.6 Å². The highest BCUT2D eigenvalue weighted by atomic mass is 35.5. The van der Waals surface area contributed by atoms with E-state index >= 15 is 0 Å². The van der Waals surface area contributed by atoms with E-state index in [1.165, 1.54) is 0 Å². The van der Waals surface area contributed by atoms with E-state index in [1.807, 2.05) is 31.2 Å². The minimum absolute atomic E-state index is 0.0155. The Morgan fingerprint density at radius 1 is 1.37 bits per heavy atom. The first kappa shape index (κ1) is 13.2. The molecule has 0 unspecified atom stereocenters. The fraction of sp³-hybridized carbons (Fsp3) is 0.0769. The van der Waals surface area contributed by atoms with Crippen molar-refractivity contribution >= 4 is 23.4 Å². The van der Waals surface area contributed by atoms with Gasteiger partial charge in [0.25, 0.3) is 0 Å². The quantitative estimate of drug-likeness (QED) is 0.823. The number of rotatable bonds is 2. The van der Waals surface area contributed by atoms with Crippen LogP contribution in [0, 0.1) is 6.92 Å². The highest BCUT2D eigenvalue weighted by Crippen LogP contribution is 2.32. The molecule has 98 valence electrons. The molecule has 1 aromatic heterocycles. The molecule has 0 radical (unpaired) electrons. The van der Waals surface area contributed by atoms with Crippen LogP contribution in [0.1, 0.15) is 5.56 Å². The van der Waals surface area contributed by atoms with Gasteiger partial charge in [0.05, 0.1) is 11.4 Å². The Kier molecular flexibility index (Phi) is 3.57. The number of ether oxygens (including phenoxy) is 1. The average molecular weight is 279 g/mol. The maximum atomic E-state index is 10.6. The number of nitrogen functional groups attached to an aromatic ring is 1. The number of pyridine rings is 1. The third kappa shape index (κ3) is 2.95. The Balaban J connectivity index is 2.49. The van der Waals surface area contributed by atoms with Gasteiger partial charge in [-0.2, -0.15) is 0 Å². The lowest BCUT2D eigenvalue weighted by Crippen LogP contribution is -2.06. The second-order valence-electron chi connectivity index (χ2n) is 3.95. The number of hydrogen-bond acceptors (Lipinski definition) is 4. The molecule has 3 N–H and O–H groups in total. The van der Waals surface area contributed by atoms with Gasteiger partial charge in [0, 0.05) is 5.56 Å². The lowest BCUT2D eigenvalue weighted by molar-refractivity contribution is 0.142. The summed E-state index contributed by atoms with van der Waals surface area (Å²) in [4.78, 5) is 14.6. The van der Waals surface area contributed by atoms with Crippen LogP contribution in [-0.4, -0.2) is 16.2 Å². The van der Waals surface area contributed by atoms with Crippen LogP contribution in [0.25, 0.3) is 11.3 Å². The Bertz CT molecular complexity index is 627. The predicted octanol–water partition coefficient (Wildman–Crippen LogP) is 3.35. The zero-order chi connectivity index (χ0) is 14.0. The fourth-order valence-electron chi connectivity index (χ4n) is 1.55. The van der Waals surface area contributed by atoms with Gasteiger partial charge in [0.2, 0.25) is 5.88 Å². The van der Waals surface area contributed by atoms with E-state index in [9.17, 15) is 4.79 Å². The monoisotopic (exact) mass is 278 g/mol. The number of hydrogen-bond donors (Lipinski definition) is 2. The summed E-state index contributed by atoms with van der Waals surface area (Å²) >= 11 is 5.85. The third-order valence-corrected chi connectivity index (χ3v) is 2.87. The van der Waals surface area contributed by atoms with E-state index < -0.39 is 6.16 Å². The minimum Gasteiger partial charge on any atom is -0.449 e. The summed E-state index contributed by atoms with van der Waals surface area (Å²) < 4.78 is 4.51. The van der Waals surface area contributed by atoms with Crippen LogP contribution in [0.3, 0.4) is 0 Å². The summed E-state index contributed by atoms with van der Waals surface area (Å²) in [6.07, 6.45) is -1.49. The largest absolute Gasteiger partial charge is 0.512 e. The Labute approximate surface area is 114 Å². The molecule has 0 saturated carbocycles. The fourth-order valence-corrected chi connectivity index (χ4v) is 1.68. The molecule has 0 spiro atoms. The number of benzene rings is 1. The number of nitrogens with two attached hydrogens (primary N) is 1. The molecule has 2 aromatic rings. The molecule has 5 nitrogen and oxygen atoms in total. The highest BCUT2D eigenvalue weighted by Gasteiger charge is 2.14. The van der Waals surface area contributed by atoms with Gasteiger partial charge in [-0.15, -0.1) is 0 Å². The molecule has 2 rings (SSSR count). The van der Waals surface area contributed by atoms with E-state index in [2.05, 4.69) is 9.72 Å². The van der Waals surface area contributed by atoms with Gasteiger partial charge in [-0.3, -0.25) is 0 Å². The number of anilines is 1. The van der Waals surface area contributed by atoms with Crippen LogP contribution in [0.2, 0.25) is 5.02 Å². The van der Waals surface area contributed by atoms with Crippen molar-refractivity contribution in [2.24, 2.45) is 0 Å².